The van der Waals surface area contributed by atoms with E-state index >= 15 is 0 Å². The second-order valence-corrected chi connectivity index (χ2v) is 8.60. The summed E-state index contributed by atoms with van der Waals surface area (Å²) < 4.78 is 2.80. The number of anilines is 1. The van der Waals surface area contributed by atoms with Gasteiger partial charge in [0.15, 0.2) is 12.4 Å². The fourth-order valence-corrected chi connectivity index (χ4v) is 4.44. The topological polar surface area (TPSA) is 82.1 Å². The van der Waals surface area contributed by atoms with E-state index in [1.165, 1.54) is 4.68 Å². The minimum atomic E-state index is -0.565. The van der Waals surface area contributed by atoms with Crippen molar-refractivity contribution in [2.45, 2.75) is 20.3 Å². The van der Waals surface area contributed by atoms with Crippen molar-refractivity contribution in [2.24, 2.45) is 0 Å². The summed E-state index contributed by atoms with van der Waals surface area (Å²) in [6.07, 6.45) is 3.75. The Bertz CT molecular complexity index is 1510. The van der Waals surface area contributed by atoms with Gasteiger partial charge in [0.05, 0.1) is 17.1 Å². The predicted molar refractivity (Wildman–Crippen MR) is 131 cm³/mol. The molecular weight excluding hydrogens is 464 g/mol. The van der Waals surface area contributed by atoms with E-state index in [2.05, 4.69) is 5.10 Å². The maximum absolute atomic E-state index is 13.9. The van der Waals surface area contributed by atoms with Gasteiger partial charge in [-0.25, -0.2) is 9.58 Å². The standard InChI is InChI=1S/C27H21ClN4O3/c1-3-21-22(26(34)32(29-21)20-12-8-10-18(28)16-20)23-24(30-13-5-4-6-14-30)27(35)31(25(23)33)19-11-7-9-17(2)15-19/h4-16H,3H2,1-2H3. The molecule has 2 amide bonds. The lowest BCUT2D eigenvalue weighted by atomic mass is 10.0. The van der Waals surface area contributed by atoms with Crippen molar-refractivity contribution in [3.8, 4) is 11.6 Å². The van der Waals surface area contributed by atoms with Crippen LogP contribution in [-0.4, -0.2) is 21.6 Å². The third-order valence-electron chi connectivity index (χ3n) is 5.85. The largest absolute Gasteiger partial charge is 0.858 e. The zero-order valence-electron chi connectivity index (χ0n) is 19.1. The number of hydrogen-bond donors (Lipinski definition) is 0. The van der Waals surface area contributed by atoms with Crippen LogP contribution in [0.1, 0.15) is 23.7 Å². The van der Waals surface area contributed by atoms with Crippen LogP contribution in [0, 0.1) is 6.92 Å². The summed E-state index contributed by atoms with van der Waals surface area (Å²) in [5, 5.41) is 18.7. The molecule has 174 valence electrons. The molecule has 1 aliphatic heterocycles. The van der Waals surface area contributed by atoms with Crippen molar-refractivity contribution < 1.29 is 19.3 Å². The van der Waals surface area contributed by atoms with Gasteiger partial charge in [0.2, 0.25) is 0 Å². The Labute approximate surface area is 207 Å². The Kier molecular flexibility index (Phi) is 5.70. The number of nitrogens with zero attached hydrogens (tertiary/aromatic N) is 4. The van der Waals surface area contributed by atoms with Gasteiger partial charge in [-0.15, -0.1) is 0 Å². The molecule has 0 radical (unpaired) electrons. The van der Waals surface area contributed by atoms with E-state index in [0.29, 0.717) is 28.5 Å². The lowest BCUT2D eigenvalue weighted by molar-refractivity contribution is -0.576. The molecule has 0 N–H and O–H groups in total. The molecule has 2 aromatic carbocycles. The van der Waals surface area contributed by atoms with Gasteiger partial charge in [-0.1, -0.05) is 42.8 Å². The minimum Gasteiger partial charge on any atom is -0.858 e. The average molecular weight is 485 g/mol. The zero-order valence-corrected chi connectivity index (χ0v) is 19.9. The van der Waals surface area contributed by atoms with Crippen LogP contribution in [0.5, 0.6) is 5.88 Å². The second-order valence-electron chi connectivity index (χ2n) is 8.16. The molecular formula is C27H21ClN4O3. The normalized spacial score (nSPS) is 13.7. The molecule has 0 spiro atoms. The van der Waals surface area contributed by atoms with Crippen LogP contribution in [-0.2, 0) is 16.0 Å². The third kappa shape index (κ3) is 3.80. The number of imide groups is 1. The van der Waals surface area contributed by atoms with Gasteiger partial charge < -0.3 is 5.11 Å². The van der Waals surface area contributed by atoms with Crippen molar-refractivity contribution in [2.75, 3.05) is 4.90 Å². The number of rotatable bonds is 5. The van der Waals surface area contributed by atoms with Gasteiger partial charge in [-0.3, -0.25) is 9.59 Å². The van der Waals surface area contributed by atoms with Crippen LogP contribution in [0.15, 0.2) is 79.1 Å². The van der Waals surface area contributed by atoms with Crippen molar-refractivity contribution in [3.05, 3.63) is 101 Å². The van der Waals surface area contributed by atoms with Crippen molar-refractivity contribution in [1.29, 1.82) is 0 Å². The zero-order chi connectivity index (χ0) is 24.7. The van der Waals surface area contributed by atoms with Gasteiger partial charge in [-0.2, -0.15) is 9.67 Å². The third-order valence-corrected chi connectivity index (χ3v) is 6.08. The Hall–Kier alpha value is -4.23. The Morgan fingerprint density at radius 3 is 2.34 bits per heavy atom. The van der Waals surface area contributed by atoms with Crippen LogP contribution in [0.25, 0.3) is 17.0 Å². The average Bonchev–Trinajstić information content (AvgIpc) is 3.31. The van der Waals surface area contributed by atoms with Crippen LogP contribution >= 0.6 is 11.6 Å². The summed E-state index contributed by atoms with van der Waals surface area (Å²) in [6.45, 7) is 3.73. The molecule has 3 heterocycles. The first-order valence-corrected chi connectivity index (χ1v) is 11.5. The first kappa shape index (κ1) is 22.6. The number of hydrogen-bond acceptors (Lipinski definition) is 4. The SMILES string of the molecule is CCc1nn(-c2cccc(Cl)c2)c([O-])c1C1=C([n+]2ccccc2)C(=O)N(c2cccc(C)c2)C1=O. The lowest BCUT2D eigenvalue weighted by Crippen LogP contribution is -2.39. The molecule has 0 aliphatic carbocycles. The Balaban J connectivity index is 1.77. The second kappa shape index (κ2) is 8.85. The fourth-order valence-electron chi connectivity index (χ4n) is 4.26. The van der Waals surface area contributed by atoms with Gasteiger partial charge in [0.25, 0.3) is 11.6 Å². The molecule has 8 heteroatoms. The summed E-state index contributed by atoms with van der Waals surface area (Å²) in [6, 6.07) is 19.2. The monoisotopic (exact) mass is 484 g/mol. The number of aromatic nitrogens is 3. The van der Waals surface area contributed by atoms with E-state index < -0.39 is 17.7 Å². The lowest BCUT2D eigenvalue weighted by Gasteiger charge is -2.16. The predicted octanol–water partition coefficient (Wildman–Crippen LogP) is 3.70. The molecule has 0 saturated carbocycles. The summed E-state index contributed by atoms with van der Waals surface area (Å²) in [7, 11) is 0. The fraction of sp³-hybridized carbons (Fsp3) is 0.111. The summed E-state index contributed by atoms with van der Waals surface area (Å²) in [4.78, 5) is 28.7. The van der Waals surface area contributed by atoms with E-state index in [1.54, 1.807) is 71.6 Å². The molecule has 0 atom stereocenters. The van der Waals surface area contributed by atoms with Gasteiger partial charge in [0.1, 0.15) is 5.57 Å². The highest BCUT2D eigenvalue weighted by atomic mass is 35.5. The number of aryl methyl sites for hydroxylation is 2. The molecule has 0 bridgehead atoms. The highest BCUT2D eigenvalue weighted by Crippen LogP contribution is 2.39. The highest BCUT2D eigenvalue weighted by molar-refractivity contribution is 6.53. The summed E-state index contributed by atoms with van der Waals surface area (Å²) in [5.41, 5.74) is 2.50. The van der Waals surface area contributed by atoms with Gasteiger partial charge in [0, 0.05) is 22.7 Å². The first-order valence-electron chi connectivity index (χ1n) is 11.1. The van der Waals surface area contributed by atoms with Crippen LogP contribution < -0.4 is 14.6 Å². The van der Waals surface area contributed by atoms with Crippen LogP contribution in [0.4, 0.5) is 5.69 Å². The maximum atomic E-state index is 13.9. The summed E-state index contributed by atoms with van der Waals surface area (Å²) >= 11 is 6.14. The number of carbonyl (C=O) groups is 2. The summed E-state index contributed by atoms with van der Waals surface area (Å²) in [5.74, 6) is -1.56. The minimum absolute atomic E-state index is 0.0304. The van der Waals surface area contributed by atoms with E-state index in [9.17, 15) is 14.7 Å². The number of halogens is 1. The van der Waals surface area contributed by atoms with Gasteiger partial charge >= 0.3 is 5.91 Å². The smallest absolute Gasteiger partial charge is 0.331 e. The van der Waals surface area contributed by atoms with E-state index in [-0.39, 0.29) is 16.8 Å². The molecule has 5 rings (SSSR count). The Morgan fingerprint density at radius 1 is 0.943 bits per heavy atom. The Morgan fingerprint density at radius 2 is 1.66 bits per heavy atom. The number of carbonyl (C=O) groups excluding carboxylic acids is 2. The van der Waals surface area contributed by atoms with Crippen LogP contribution in [0.2, 0.25) is 5.02 Å². The molecule has 4 aromatic rings. The molecule has 2 aromatic heterocycles. The van der Waals surface area contributed by atoms with E-state index in [4.69, 9.17) is 11.6 Å². The molecule has 0 saturated heterocycles. The van der Waals surface area contributed by atoms with Crippen LogP contribution in [0.3, 0.4) is 0 Å². The molecule has 0 unspecified atom stereocenters. The highest BCUT2D eigenvalue weighted by Gasteiger charge is 2.47. The van der Waals surface area contributed by atoms with E-state index in [1.807, 2.05) is 26.0 Å². The first-order chi connectivity index (χ1) is 16.9. The molecule has 7 nitrogen and oxygen atoms in total. The van der Waals surface area contributed by atoms with Crippen molar-refractivity contribution >= 4 is 40.4 Å². The number of benzene rings is 2. The number of pyridine rings is 1. The molecule has 35 heavy (non-hydrogen) atoms. The molecule has 1 aliphatic rings. The van der Waals surface area contributed by atoms with Crippen molar-refractivity contribution in [1.82, 2.24) is 9.78 Å². The van der Waals surface area contributed by atoms with E-state index in [0.717, 1.165) is 10.5 Å². The van der Waals surface area contributed by atoms with Gasteiger partial charge in [-0.05, 0) is 55.1 Å². The number of amides is 2. The molecule has 0 fully saturated rings. The van der Waals surface area contributed by atoms with Crippen molar-refractivity contribution in [3.63, 3.8) is 0 Å². The quantitative estimate of drug-likeness (QED) is 0.319. The maximum Gasteiger partial charge on any atom is 0.331 e.